The molecule has 3 aliphatic carbocycles. The molecule has 3 fully saturated rings. The maximum Gasteiger partial charge on any atom is 0.290 e. The number of hydrogen-bond acceptors (Lipinski definition) is 6. The van der Waals surface area contributed by atoms with E-state index in [2.05, 4.69) is 15.8 Å². The molecule has 1 atom stereocenters. The molecule has 0 saturated heterocycles. The van der Waals surface area contributed by atoms with Crippen molar-refractivity contribution in [2.75, 3.05) is 6.61 Å². The number of nitrogens with zero attached hydrogens (tertiary/aromatic N) is 1. The SMILES string of the molecule is O=C(COc1ccc(Cl)c(F)c1)NC12CCC(NC(=O)c3cc(Cl)no3)(CC1)CC2O. The third-order valence-corrected chi connectivity index (χ3v) is 6.54. The van der Waals surface area contributed by atoms with Gasteiger partial charge in [0.25, 0.3) is 11.8 Å². The van der Waals surface area contributed by atoms with Crippen LogP contribution in [-0.4, -0.2) is 45.9 Å². The molecule has 2 amide bonds. The molecule has 2 bridgehead atoms. The average molecular weight is 472 g/mol. The van der Waals surface area contributed by atoms with Crippen LogP contribution in [0, 0.1) is 5.82 Å². The second-order valence-electron chi connectivity index (χ2n) is 8.04. The number of ether oxygens (including phenoxy) is 1. The summed E-state index contributed by atoms with van der Waals surface area (Å²) in [6, 6.07) is 5.23. The molecule has 0 spiro atoms. The molecule has 1 aromatic heterocycles. The molecular formula is C20H20Cl2FN3O5. The fourth-order valence-corrected chi connectivity index (χ4v) is 4.61. The summed E-state index contributed by atoms with van der Waals surface area (Å²) in [5.41, 5.74) is -1.40. The second kappa shape index (κ2) is 8.29. The Morgan fingerprint density at radius 2 is 1.97 bits per heavy atom. The van der Waals surface area contributed by atoms with Gasteiger partial charge in [-0.15, -0.1) is 0 Å². The van der Waals surface area contributed by atoms with E-state index in [-0.39, 0.29) is 34.7 Å². The smallest absolute Gasteiger partial charge is 0.290 e. The number of carbonyl (C=O) groups is 2. The number of benzene rings is 1. The summed E-state index contributed by atoms with van der Waals surface area (Å²) < 4.78 is 23.7. The van der Waals surface area contributed by atoms with Crippen LogP contribution in [0.25, 0.3) is 0 Å². The molecule has 5 rings (SSSR count). The number of nitrogens with one attached hydrogen (secondary N) is 2. The van der Waals surface area contributed by atoms with Gasteiger partial charge in [-0.1, -0.05) is 28.4 Å². The lowest BCUT2D eigenvalue weighted by Crippen LogP contribution is -2.70. The minimum absolute atomic E-state index is 0.000336. The number of aliphatic hydroxyl groups excluding tert-OH is 1. The van der Waals surface area contributed by atoms with Crippen LogP contribution < -0.4 is 15.4 Å². The zero-order valence-electron chi connectivity index (χ0n) is 16.3. The van der Waals surface area contributed by atoms with Gasteiger partial charge in [-0.25, -0.2) is 4.39 Å². The van der Waals surface area contributed by atoms with Crippen molar-refractivity contribution in [3.8, 4) is 5.75 Å². The molecule has 166 valence electrons. The second-order valence-corrected chi connectivity index (χ2v) is 8.83. The molecule has 0 aliphatic heterocycles. The number of aromatic nitrogens is 1. The van der Waals surface area contributed by atoms with Crippen LogP contribution >= 0.6 is 23.2 Å². The van der Waals surface area contributed by atoms with Gasteiger partial charge in [0.2, 0.25) is 5.76 Å². The molecule has 8 nitrogen and oxygen atoms in total. The lowest BCUT2D eigenvalue weighted by atomic mass is 9.60. The lowest BCUT2D eigenvalue weighted by molar-refractivity contribution is -0.132. The first kappa shape index (κ1) is 21.9. The average Bonchev–Trinajstić information content (AvgIpc) is 3.17. The summed E-state index contributed by atoms with van der Waals surface area (Å²) in [6.45, 7) is -0.330. The van der Waals surface area contributed by atoms with Gasteiger partial charge in [-0.05, 0) is 44.2 Å². The van der Waals surface area contributed by atoms with Crippen molar-refractivity contribution >= 4 is 35.0 Å². The van der Waals surface area contributed by atoms with Crippen molar-refractivity contribution in [3.63, 3.8) is 0 Å². The van der Waals surface area contributed by atoms with Crippen LogP contribution in [0.5, 0.6) is 5.75 Å². The normalized spacial score (nSPS) is 27.0. The molecule has 1 heterocycles. The Labute approximate surface area is 187 Å². The van der Waals surface area contributed by atoms with Crippen LogP contribution in [0.15, 0.2) is 28.8 Å². The minimum Gasteiger partial charge on any atom is -0.484 e. The summed E-state index contributed by atoms with van der Waals surface area (Å²) in [7, 11) is 0. The zero-order chi connectivity index (χ0) is 22.2. The third-order valence-electron chi connectivity index (χ3n) is 6.05. The predicted octanol–water partition coefficient (Wildman–Crippen LogP) is 2.86. The maximum atomic E-state index is 13.5. The quantitative estimate of drug-likeness (QED) is 0.596. The number of fused-ring (bicyclic) bond motifs is 3. The number of aliphatic hydroxyl groups is 1. The Hall–Kier alpha value is -2.36. The van der Waals surface area contributed by atoms with Crippen molar-refractivity contribution in [1.29, 1.82) is 0 Å². The van der Waals surface area contributed by atoms with E-state index in [4.69, 9.17) is 32.5 Å². The van der Waals surface area contributed by atoms with Gasteiger partial charge in [0.05, 0.1) is 16.7 Å². The lowest BCUT2D eigenvalue weighted by Gasteiger charge is -2.56. The highest BCUT2D eigenvalue weighted by Crippen LogP contribution is 2.47. The van der Waals surface area contributed by atoms with Gasteiger partial charge in [0, 0.05) is 17.7 Å². The highest BCUT2D eigenvalue weighted by atomic mass is 35.5. The topological polar surface area (TPSA) is 114 Å². The Kier molecular flexibility index (Phi) is 5.85. The van der Waals surface area contributed by atoms with Gasteiger partial charge in [-0.2, -0.15) is 0 Å². The van der Waals surface area contributed by atoms with E-state index in [1.165, 1.54) is 18.2 Å². The Morgan fingerprint density at radius 3 is 2.58 bits per heavy atom. The van der Waals surface area contributed by atoms with Gasteiger partial charge in [0.15, 0.2) is 11.8 Å². The summed E-state index contributed by atoms with van der Waals surface area (Å²) in [6.07, 6.45) is 1.53. The number of halogens is 3. The van der Waals surface area contributed by atoms with E-state index in [1.54, 1.807) is 0 Å². The predicted molar refractivity (Wildman–Crippen MR) is 109 cm³/mol. The summed E-state index contributed by atoms with van der Waals surface area (Å²) >= 11 is 11.3. The molecule has 1 aromatic carbocycles. The Balaban J connectivity index is 1.34. The number of amides is 2. The number of rotatable bonds is 6. The van der Waals surface area contributed by atoms with Crippen LogP contribution in [0.4, 0.5) is 4.39 Å². The monoisotopic (exact) mass is 471 g/mol. The summed E-state index contributed by atoms with van der Waals surface area (Å²) in [5.74, 6) is -1.34. The zero-order valence-corrected chi connectivity index (χ0v) is 17.8. The van der Waals surface area contributed by atoms with Gasteiger partial charge in [-0.3, -0.25) is 9.59 Å². The van der Waals surface area contributed by atoms with E-state index in [9.17, 15) is 19.1 Å². The van der Waals surface area contributed by atoms with Crippen LogP contribution in [-0.2, 0) is 4.79 Å². The van der Waals surface area contributed by atoms with Crippen LogP contribution in [0.2, 0.25) is 10.2 Å². The fourth-order valence-electron chi connectivity index (χ4n) is 4.35. The molecule has 3 N–H and O–H groups in total. The first-order valence-corrected chi connectivity index (χ1v) is 10.5. The van der Waals surface area contributed by atoms with E-state index < -0.39 is 34.8 Å². The van der Waals surface area contributed by atoms with Crippen molar-refractivity contribution in [3.05, 3.63) is 46.0 Å². The highest BCUT2D eigenvalue weighted by Gasteiger charge is 2.55. The van der Waals surface area contributed by atoms with Gasteiger partial charge < -0.3 is 25.0 Å². The minimum atomic E-state index is -0.856. The van der Waals surface area contributed by atoms with Gasteiger partial charge >= 0.3 is 0 Å². The van der Waals surface area contributed by atoms with Crippen LogP contribution in [0.1, 0.15) is 42.7 Å². The molecule has 3 saturated carbocycles. The Bertz CT molecular complexity index is 1010. The van der Waals surface area contributed by atoms with Crippen molar-refractivity contribution < 1.29 is 28.3 Å². The molecular weight excluding hydrogens is 452 g/mol. The molecule has 1 unspecified atom stereocenters. The van der Waals surface area contributed by atoms with E-state index in [1.807, 2.05) is 0 Å². The standard InChI is InChI=1S/C20H20Cl2FN3O5/c21-12-2-1-11(7-13(12)23)30-10-17(28)24-20-5-3-19(4-6-20,9-15(20)27)25-18(29)14-8-16(22)26-31-14/h1-2,7-8,15,27H,3-6,9-10H2,(H,24,28)(H,25,29). The van der Waals surface area contributed by atoms with Crippen LogP contribution in [0.3, 0.4) is 0 Å². The van der Waals surface area contributed by atoms with E-state index >= 15 is 0 Å². The molecule has 2 aromatic rings. The van der Waals surface area contributed by atoms with Crippen molar-refractivity contribution in [1.82, 2.24) is 15.8 Å². The maximum absolute atomic E-state index is 13.5. The fraction of sp³-hybridized carbons (Fsp3) is 0.450. The van der Waals surface area contributed by atoms with Gasteiger partial charge in [0.1, 0.15) is 11.6 Å². The summed E-state index contributed by atoms with van der Waals surface area (Å²) in [4.78, 5) is 24.9. The summed E-state index contributed by atoms with van der Waals surface area (Å²) in [5, 5.41) is 20.1. The van der Waals surface area contributed by atoms with E-state index in [0.717, 1.165) is 6.07 Å². The first-order chi connectivity index (χ1) is 14.7. The Morgan fingerprint density at radius 1 is 1.23 bits per heavy atom. The first-order valence-electron chi connectivity index (χ1n) is 9.72. The molecule has 11 heteroatoms. The highest BCUT2D eigenvalue weighted by molar-refractivity contribution is 6.30. The van der Waals surface area contributed by atoms with Crippen molar-refractivity contribution in [2.24, 2.45) is 0 Å². The van der Waals surface area contributed by atoms with E-state index in [0.29, 0.717) is 25.7 Å². The number of hydrogen-bond donors (Lipinski definition) is 3. The molecule has 31 heavy (non-hydrogen) atoms. The number of carbonyl (C=O) groups excluding carboxylic acids is 2. The van der Waals surface area contributed by atoms with Crippen molar-refractivity contribution in [2.45, 2.75) is 49.3 Å². The molecule has 0 radical (unpaired) electrons. The third kappa shape index (κ3) is 4.49. The largest absolute Gasteiger partial charge is 0.484 e. The molecule has 3 aliphatic rings.